The normalized spacial score (nSPS) is 10.2. The lowest BCUT2D eigenvalue weighted by molar-refractivity contribution is 1.43. The monoisotopic (exact) mass is 142 g/mol. The fraction of sp³-hybridized carbons (Fsp3) is 0. The van der Waals surface area contributed by atoms with Crippen molar-refractivity contribution in [1.29, 1.82) is 0 Å². The number of rotatable bonds is 1. The van der Waals surface area contributed by atoms with Gasteiger partial charge in [0.15, 0.2) is 0 Å². The Labute approximate surface area is 65.4 Å². The van der Waals surface area contributed by atoms with E-state index in [4.69, 9.17) is 6.58 Å². The highest BCUT2D eigenvalue weighted by molar-refractivity contribution is 5.82. The van der Waals surface area contributed by atoms with Crippen molar-refractivity contribution in [3.63, 3.8) is 0 Å². The van der Waals surface area contributed by atoms with Crippen molar-refractivity contribution in [2.45, 2.75) is 0 Å². The number of aromatic amines is 1. The number of aromatic nitrogens is 1. The molecule has 0 amide bonds. The molecule has 2 aromatic rings. The maximum absolute atomic E-state index is 5.36. The Morgan fingerprint density at radius 1 is 1.27 bits per heavy atom. The van der Waals surface area contributed by atoms with E-state index in [2.05, 4.69) is 11.1 Å². The topological polar surface area (TPSA) is 15.8 Å². The first kappa shape index (κ1) is 6.23. The van der Waals surface area contributed by atoms with Gasteiger partial charge in [0.25, 0.3) is 0 Å². The van der Waals surface area contributed by atoms with Gasteiger partial charge in [0, 0.05) is 11.2 Å². The van der Waals surface area contributed by atoms with Gasteiger partial charge in [-0.25, -0.2) is 0 Å². The van der Waals surface area contributed by atoms with Crippen molar-refractivity contribution in [2.75, 3.05) is 0 Å². The molecule has 2 rings (SSSR count). The van der Waals surface area contributed by atoms with E-state index in [9.17, 15) is 0 Å². The first-order valence-corrected chi connectivity index (χ1v) is 3.53. The minimum absolute atomic E-state index is 0.964. The summed E-state index contributed by atoms with van der Waals surface area (Å²) in [6, 6.07) is 10.1. The number of hydrogen-bond donors (Lipinski definition) is 1. The molecular weight excluding hydrogens is 134 g/mol. The molecule has 1 N–H and O–H groups in total. The van der Waals surface area contributed by atoms with Crippen molar-refractivity contribution in [3.8, 4) is 0 Å². The lowest BCUT2D eigenvalue weighted by atomic mass is 10.2. The Hall–Kier alpha value is -1.50. The summed E-state index contributed by atoms with van der Waals surface area (Å²) in [5, 5.41) is 1.20. The highest BCUT2D eigenvalue weighted by Crippen LogP contribution is 2.14. The minimum Gasteiger partial charge on any atom is -0.355 e. The number of hydrogen-bond acceptors (Lipinski definition) is 0. The Morgan fingerprint density at radius 2 is 2.09 bits per heavy atom. The lowest BCUT2D eigenvalue weighted by Gasteiger charge is -1.83. The van der Waals surface area contributed by atoms with Crippen LogP contribution in [0.15, 0.2) is 30.3 Å². The summed E-state index contributed by atoms with van der Waals surface area (Å²) >= 11 is 0. The van der Waals surface area contributed by atoms with Crippen molar-refractivity contribution < 1.29 is 0 Å². The van der Waals surface area contributed by atoms with Gasteiger partial charge in [-0.2, -0.15) is 0 Å². The third-order valence-electron chi connectivity index (χ3n) is 1.73. The van der Waals surface area contributed by atoms with Crippen molar-refractivity contribution in [2.24, 2.45) is 0 Å². The second kappa shape index (κ2) is 2.27. The molecule has 1 aromatic heterocycles. The summed E-state index contributed by atoms with van der Waals surface area (Å²) in [4.78, 5) is 3.16. The summed E-state index contributed by atoms with van der Waals surface area (Å²) in [7, 11) is 0. The second-order valence-electron chi connectivity index (χ2n) is 2.48. The highest BCUT2D eigenvalue weighted by atomic mass is 14.7. The Morgan fingerprint density at radius 3 is 2.82 bits per heavy atom. The molecule has 0 aliphatic rings. The van der Waals surface area contributed by atoms with Crippen molar-refractivity contribution in [3.05, 3.63) is 42.6 Å². The Bertz CT molecular complexity index is 351. The molecule has 53 valence electrons. The van der Waals surface area contributed by atoms with Crippen LogP contribution in [0.3, 0.4) is 0 Å². The van der Waals surface area contributed by atoms with Gasteiger partial charge in [-0.05, 0) is 23.6 Å². The van der Waals surface area contributed by atoms with Crippen LogP contribution < -0.4 is 0 Å². The number of H-pyrrole nitrogens is 1. The van der Waals surface area contributed by atoms with E-state index in [1.54, 1.807) is 6.08 Å². The third-order valence-corrected chi connectivity index (χ3v) is 1.73. The van der Waals surface area contributed by atoms with Crippen molar-refractivity contribution in [1.82, 2.24) is 4.98 Å². The SMILES string of the molecule is [CH]=Cc1cc2ccccc2[nH]1. The molecule has 0 saturated heterocycles. The largest absolute Gasteiger partial charge is 0.355 e. The molecule has 11 heavy (non-hydrogen) atoms. The first-order chi connectivity index (χ1) is 5.40. The molecule has 0 aliphatic carbocycles. The molecule has 0 saturated carbocycles. The molecule has 0 spiro atoms. The highest BCUT2D eigenvalue weighted by Gasteiger charge is 1.93. The summed E-state index contributed by atoms with van der Waals surface area (Å²) in [6.07, 6.45) is 1.57. The van der Waals surface area contributed by atoms with E-state index in [-0.39, 0.29) is 0 Å². The standard InChI is InChI=1S/C10H8N/c1-2-9-7-8-5-3-4-6-10(8)11-9/h1-7,11H. The van der Waals surface area contributed by atoms with Crippen LogP contribution in [-0.2, 0) is 0 Å². The summed E-state index contributed by atoms with van der Waals surface area (Å²) in [5.41, 5.74) is 2.09. The maximum atomic E-state index is 5.36. The van der Waals surface area contributed by atoms with Crippen LogP contribution in [0.1, 0.15) is 5.69 Å². The molecule has 0 atom stereocenters. The number of nitrogens with one attached hydrogen (secondary N) is 1. The van der Waals surface area contributed by atoms with Gasteiger partial charge in [0.05, 0.1) is 0 Å². The molecule has 1 heterocycles. The zero-order valence-corrected chi connectivity index (χ0v) is 6.04. The molecule has 0 aliphatic heterocycles. The summed E-state index contributed by atoms with van der Waals surface area (Å²) in [6.45, 7) is 5.36. The van der Waals surface area contributed by atoms with Gasteiger partial charge in [-0.3, -0.25) is 0 Å². The van der Waals surface area contributed by atoms with Gasteiger partial charge in [-0.1, -0.05) is 24.8 Å². The van der Waals surface area contributed by atoms with E-state index in [0.29, 0.717) is 0 Å². The fourth-order valence-corrected chi connectivity index (χ4v) is 1.19. The number of para-hydroxylation sites is 1. The Balaban J connectivity index is 2.78. The van der Waals surface area contributed by atoms with Crippen LogP contribution in [0, 0.1) is 6.58 Å². The zero-order valence-electron chi connectivity index (χ0n) is 6.04. The van der Waals surface area contributed by atoms with Gasteiger partial charge in [0.2, 0.25) is 0 Å². The average Bonchev–Trinajstić information content (AvgIpc) is 2.46. The van der Waals surface area contributed by atoms with E-state index >= 15 is 0 Å². The Kier molecular flexibility index (Phi) is 1.29. The average molecular weight is 142 g/mol. The zero-order chi connectivity index (χ0) is 7.68. The van der Waals surface area contributed by atoms with Crippen LogP contribution >= 0.6 is 0 Å². The van der Waals surface area contributed by atoms with Gasteiger partial charge in [-0.15, -0.1) is 0 Å². The van der Waals surface area contributed by atoms with E-state index in [1.807, 2.05) is 24.3 Å². The molecular formula is C10H8N. The molecule has 0 fully saturated rings. The first-order valence-electron chi connectivity index (χ1n) is 3.53. The lowest BCUT2D eigenvalue weighted by Crippen LogP contribution is -1.65. The minimum atomic E-state index is 0.964. The van der Waals surface area contributed by atoms with E-state index in [0.717, 1.165) is 11.2 Å². The summed E-state index contributed by atoms with van der Waals surface area (Å²) in [5.74, 6) is 0. The molecule has 1 heteroatoms. The van der Waals surface area contributed by atoms with E-state index in [1.165, 1.54) is 5.39 Å². The second-order valence-corrected chi connectivity index (χ2v) is 2.48. The maximum Gasteiger partial charge on any atom is 0.0458 e. The van der Waals surface area contributed by atoms with Crippen molar-refractivity contribution >= 4 is 17.0 Å². The smallest absolute Gasteiger partial charge is 0.0458 e. The van der Waals surface area contributed by atoms with Crippen LogP contribution in [0.4, 0.5) is 0 Å². The van der Waals surface area contributed by atoms with Gasteiger partial charge in [0.1, 0.15) is 0 Å². The number of fused-ring (bicyclic) bond motifs is 1. The quantitative estimate of drug-likeness (QED) is 0.630. The van der Waals surface area contributed by atoms with Gasteiger partial charge >= 0.3 is 0 Å². The van der Waals surface area contributed by atoms with Crippen LogP contribution in [-0.4, -0.2) is 4.98 Å². The number of benzene rings is 1. The predicted octanol–water partition coefficient (Wildman–Crippen LogP) is 2.61. The molecule has 1 aromatic carbocycles. The molecule has 1 nitrogen and oxygen atoms in total. The fourth-order valence-electron chi connectivity index (χ4n) is 1.19. The predicted molar refractivity (Wildman–Crippen MR) is 47.1 cm³/mol. The molecule has 0 bridgehead atoms. The van der Waals surface area contributed by atoms with E-state index < -0.39 is 0 Å². The summed E-state index contributed by atoms with van der Waals surface area (Å²) < 4.78 is 0. The molecule has 1 radical (unpaired) electrons. The van der Waals surface area contributed by atoms with Crippen LogP contribution in [0.2, 0.25) is 0 Å². The van der Waals surface area contributed by atoms with Crippen LogP contribution in [0.5, 0.6) is 0 Å². The van der Waals surface area contributed by atoms with Gasteiger partial charge < -0.3 is 4.98 Å². The third kappa shape index (κ3) is 0.944. The molecule has 0 unspecified atom stereocenters. The van der Waals surface area contributed by atoms with Crippen LogP contribution in [0.25, 0.3) is 17.0 Å².